The van der Waals surface area contributed by atoms with Crippen LogP contribution in [0.5, 0.6) is 0 Å². The van der Waals surface area contributed by atoms with Gasteiger partial charge in [-0.15, -0.1) is 12.4 Å². The minimum absolute atomic E-state index is 0. The first-order chi connectivity index (χ1) is 11.3. The van der Waals surface area contributed by atoms with Crippen LogP contribution in [0.25, 0.3) is 0 Å². The lowest BCUT2D eigenvalue weighted by molar-refractivity contribution is -0.135. The Balaban J connectivity index is 0.00000312. The minimum atomic E-state index is -0.571. The van der Waals surface area contributed by atoms with E-state index in [1.54, 1.807) is 4.90 Å². The Kier molecular flexibility index (Phi) is 8.25. The number of carbonyl (C=O) groups excluding carboxylic acids is 1. The van der Waals surface area contributed by atoms with E-state index in [1.165, 1.54) is 12.1 Å². The van der Waals surface area contributed by atoms with Gasteiger partial charge in [-0.25, -0.2) is 8.78 Å². The normalized spacial score (nSPS) is 19.0. The minimum Gasteiger partial charge on any atom is -0.339 e. The van der Waals surface area contributed by atoms with E-state index in [1.807, 2.05) is 20.8 Å². The molecule has 0 spiro atoms. The summed E-state index contributed by atoms with van der Waals surface area (Å²) in [5.41, 5.74) is 6.51. The molecule has 1 heterocycles. The van der Waals surface area contributed by atoms with E-state index in [0.29, 0.717) is 31.7 Å². The number of hydrogen-bond donors (Lipinski definition) is 1. The Labute approximate surface area is 154 Å². The van der Waals surface area contributed by atoms with Crippen molar-refractivity contribution in [1.29, 1.82) is 0 Å². The van der Waals surface area contributed by atoms with E-state index >= 15 is 0 Å². The summed E-state index contributed by atoms with van der Waals surface area (Å²) in [4.78, 5) is 16.3. The molecule has 0 aromatic heterocycles. The maximum atomic E-state index is 13.9. The van der Waals surface area contributed by atoms with Gasteiger partial charge in [-0.2, -0.15) is 0 Å². The van der Waals surface area contributed by atoms with Crippen LogP contribution in [0.15, 0.2) is 18.2 Å². The predicted molar refractivity (Wildman–Crippen MR) is 97.6 cm³/mol. The fourth-order valence-corrected chi connectivity index (χ4v) is 3.07. The second-order valence-electron chi connectivity index (χ2n) is 6.61. The summed E-state index contributed by atoms with van der Waals surface area (Å²) >= 11 is 0. The van der Waals surface area contributed by atoms with Crippen molar-refractivity contribution in [2.45, 2.75) is 39.3 Å². The van der Waals surface area contributed by atoms with Crippen molar-refractivity contribution in [2.24, 2.45) is 11.7 Å². The fraction of sp³-hybridized carbons (Fsp3) is 0.611. The molecule has 1 aromatic rings. The number of rotatable bonds is 5. The molecule has 3 atom stereocenters. The van der Waals surface area contributed by atoms with Crippen molar-refractivity contribution < 1.29 is 13.6 Å². The van der Waals surface area contributed by atoms with E-state index in [-0.39, 0.29) is 30.3 Å². The van der Waals surface area contributed by atoms with Crippen molar-refractivity contribution in [1.82, 2.24) is 9.80 Å². The highest BCUT2D eigenvalue weighted by atomic mass is 35.5. The third kappa shape index (κ3) is 5.12. The van der Waals surface area contributed by atoms with Gasteiger partial charge in [0, 0.05) is 43.9 Å². The lowest BCUT2D eigenvalue weighted by Crippen LogP contribution is -2.54. The molecule has 1 fully saturated rings. The molecule has 2 rings (SSSR count). The van der Waals surface area contributed by atoms with E-state index in [0.717, 1.165) is 12.5 Å². The molecule has 2 N–H and O–H groups in total. The standard InChI is InChI=1S/C18H27F2N3O.ClH/c1-4-12(2)17(21)18(24)23-9-7-22(8-10-23)13(3)15-6-5-14(19)11-16(15)20;/h5-6,11-13,17H,4,7-10,21H2,1-3H3;1H. The quantitative estimate of drug-likeness (QED) is 0.860. The Morgan fingerprint density at radius 3 is 2.32 bits per heavy atom. The number of nitrogens with two attached hydrogens (primary N) is 1. The Morgan fingerprint density at radius 1 is 1.20 bits per heavy atom. The number of halogens is 3. The molecule has 0 radical (unpaired) electrons. The average molecular weight is 376 g/mol. The molecule has 0 bridgehead atoms. The third-order valence-corrected chi connectivity index (χ3v) is 5.13. The van der Waals surface area contributed by atoms with Crippen LogP contribution < -0.4 is 5.73 Å². The van der Waals surface area contributed by atoms with Gasteiger partial charge in [0.05, 0.1) is 6.04 Å². The van der Waals surface area contributed by atoms with E-state index in [2.05, 4.69) is 4.90 Å². The SMILES string of the molecule is CCC(C)C(N)C(=O)N1CCN(C(C)c2ccc(F)cc2F)CC1.Cl. The van der Waals surface area contributed by atoms with Crippen LogP contribution in [0, 0.1) is 17.6 Å². The molecule has 3 unspecified atom stereocenters. The van der Waals surface area contributed by atoms with Gasteiger partial charge in [-0.3, -0.25) is 9.69 Å². The third-order valence-electron chi connectivity index (χ3n) is 5.13. The highest BCUT2D eigenvalue weighted by molar-refractivity contribution is 5.85. The number of nitrogens with zero attached hydrogens (tertiary/aromatic N) is 2. The molecule has 7 heteroatoms. The van der Waals surface area contributed by atoms with Crippen LogP contribution >= 0.6 is 12.4 Å². The van der Waals surface area contributed by atoms with Crippen LogP contribution in [0.3, 0.4) is 0 Å². The second-order valence-corrected chi connectivity index (χ2v) is 6.61. The fourth-order valence-electron chi connectivity index (χ4n) is 3.07. The van der Waals surface area contributed by atoms with Gasteiger partial charge in [0.25, 0.3) is 0 Å². The summed E-state index contributed by atoms with van der Waals surface area (Å²) in [6.07, 6.45) is 0.869. The summed E-state index contributed by atoms with van der Waals surface area (Å²) in [6.45, 7) is 8.37. The number of benzene rings is 1. The molecule has 142 valence electrons. The van der Waals surface area contributed by atoms with E-state index < -0.39 is 17.7 Å². The van der Waals surface area contributed by atoms with Gasteiger partial charge < -0.3 is 10.6 Å². The lowest BCUT2D eigenvalue weighted by atomic mass is 9.98. The summed E-state index contributed by atoms with van der Waals surface area (Å²) in [6, 6.07) is 3.06. The molecular formula is C18H28ClF2N3O. The molecule has 0 aliphatic carbocycles. The lowest BCUT2D eigenvalue weighted by Gasteiger charge is -2.39. The van der Waals surface area contributed by atoms with Gasteiger partial charge in [0.1, 0.15) is 11.6 Å². The predicted octanol–water partition coefficient (Wildman–Crippen LogP) is 2.97. The monoisotopic (exact) mass is 375 g/mol. The van der Waals surface area contributed by atoms with Crippen LogP contribution in [0.1, 0.15) is 38.8 Å². The molecular weight excluding hydrogens is 348 g/mol. The summed E-state index contributed by atoms with van der Waals surface area (Å²) in [5.74, 6) is -0.954. The zero-order valence-electron chi connectivity index (χ0n) is 15.0. The van der Waals surface area contributed by atoms with Gasteiger partial charge in [0.2, 0.25) is 5.91 Å². The first-order valence-electron chi connectivity index (χ1n) is 8.58. The zero-order valence-corrected chi connectivity index (χ0v) is 15.9. The largest absolute Gasteiger partial charge is 0.339 e. The molecule has 1 aliphatic heterocycles. The van der Waals surface area contributed by atoms with E-state index in [9.17, 15) is 13.6 Å². The van der Waals surface area contributed by atoms with Crippen molar-refractivity contribution in [3.05, 3.63) is 35.4 Å². The van der Waals surface area contributed by atoms with Gasteiger partial charge in [0.15, 0.2) is 0 Å². The van der Waals surface area contributed by atoms with Gasteiger partial charge in [-0.05, 0) is 18.9 Å². The molecule has 1 aliphatic rings. The summed E-state index contributed by atoms with van der Waals surface area (Å²) < 4.78 is 27.0. The highest BCUT2D eigenvalue weighted by Gasteiger charge is 2.30. The van der Waals surface area contributed by atoms with Crippen LogP contribution in [0.4, 0.5) is 8.78 Å². The Morgan fingerprint density at radius 2 is 1.80 bits per heavy atom. The average Bonchev–Trinajstić information content (AvgIpc) is 2.59. The number of carbonyl (C=O) groups is 1. The van der Waals surface area contributed by atoms with Crippen molar-refractivity contribution in [3.8, 4) is 0 Å². The zero-order chi connectivity index (χ0) is 17.9. The first-order valence-corrected chi connectivity index (χ1v) is 8.58. The van der Waals surface area contributed by atoms with Gasteiger partial charge in [-0.1, -0.05) is 26.3 Å². The highest BCUT2D eigenvalue weighted by Crippen LogP contribution is 2.25. The molecule has 1 saturated heterocycles. The molecule has 25 heavy (non-hydrogen) atoms. The molecule has 1 aromatic carbocycles. The maximum Gasteiger partial charge on any atom is 0.239 e. The number of piperazine rings is 1. The topological polar surface area (TPSA) is 49.6 Å². The Bertz CT molecular complexity index is 579. The molecule has 4 nitrogen and oxygen atoms in total. The van der Waals surface area contributed by atoms with Crippen LogP contribution in [-0.2, 0) is 4.79 Å². The maximum absolute atomic E-state index is 13.9. The summed E-state index contributed by atoms with van der Waals surface area (Å²) in [7, 11) is 0. The smallest absolute Gasteiger partial charge is 0.239 e. The first kappa shape index (κ1) is 21.8. The van der Waals surface area contributed by atoms with Crippen LogP contribution in [0.2, 0.25) is 0 Å². The molecule has 0 saturated carbocycles. The van der Waals surface area contributed by atoms with Crippen molar-refractivity contribution >= 4 is 18.3 Å². The van der Waals surface area contributed by atoms with Gasteiger partial charge >= 0.3 is 0 Å². The number of amides is 1. The number of hydrogen-bond acceptors (Lipinski definition) is 3. The second kappa shape index (κ2) is 9.46. The van der Waals surface area contributed by atoms with E-state index in [4.69, 9.17) is 5.73 Å². The molecule has 1 amide bonds. The van der Waals surface area contributed by atoms with Crippen LogP contribution in [-0.4, -0.2) is 47.9 Å². The Hall–Kier alpha value is -1.24. The van der Waals surface area contributed by atoms with Crippen molar-refractivity contribution in [2.75, 3.05) is 26.2 Å². The van der Waals surface area contributed by atoms with Crippen molar-refractivity contribution in [3.63, 3.8) is 0 Å². The summed E-state index contributed by atoms with van der Waals surface area (Å²) in [5, 5.41) is 0.